The van der Waals surface area contributed by atoms with Gasteiger partial charge in [-0.15, -0.1) is 0 Å². The summed E-state index contributed by atoms with van der Waals surface area (Å²) in [4.78, 5) is 27.5. The van der Waals surface area contributed by atoms with E-state index in [0.29, 0.717) is 42.1 Å². The van der Waals surface area contributed by atoms with E-state index in [1.165, 1.54) is 6.20 Å². The summed E-state index contributed by atoms with van der Waals surface area (Å²) in [6.07, 6.45) is 1.21. The monoisotopic (exact) mass is 392 g/mol. The molecule has 0 aliphatic heterocycles. The van der Waals surface area contributed by atoms with Crippen molar-refractivity contribution in [3.8, 4) is 11.5 Å². The van der Waals surface area contributed by atoms with Gasteiger partial charge < -0.3 is 14.6 Å². The van der Waals surface area contributed by atoms with Crippen LogP contribution in [0.2, 0.25) is 0 Å². The maximum absolute atomic E-state index is 12.6. The van der Waals surface area contributed by atoms with E-state index < -0.39 is 11.9 Å². The third kappa shape index (κ3) is 6.56. The third-order valence-electron chi connectivity index (χ3n) is 3.25. The maximum Gasteiger partial charge on any atom is 0.347 e. The lowest BCUT2D eigenvalue weighted by Crippen LogP contribution is -2.13. The molecule has 0 aliphatic rings. The second-order valence-electron chi connectivity index (χ2n) is 6.89. The molecule has 1 aromatic heterocycles. The molecule has 1 amide bonds. The number of aromatic nitrogens is 1. The Hall–Kier alpha value is -2.61. The number of carbonyl (C=O) groups is 2. The summed E-state index contributed by atoms with van der Waals surface area (Å²) in [5.74, 6) is 0.271. The van der Waals surface area contributed by atoms with Gasteiger partial charge in [0.2, 0.25) is 0 Å². The van der Waals surface area contributed by atoms with Crippen LogP contribution in [0.25, 0.3) is 0 Å². The van der Waals surface area contributed by atoms with Crippen LogP contribution in [-0.2, 0) is 0 Å². The second-order valence-corrected chi connectivity index (χ2v) is 7.92. The molecular weight excluding hydrogens is 368 g/mol. The molecule has 1 heterocycles. The Morgan fingerprint density at radius 3 is 2.07 bits per heavy atom. The normalized spacial score (nSPS) is 10.9. The summed E-state index contributed by atoms with van der Waals surface area (Å²) in [5.41, 5.74) is 0.349. The Bertz CT molecular complexity index is 771. The Morgan fingerprint density at radius 2 is 1.63 bits per heavy atom. The fourth-order valence-electron chi connectivity index (χ4n) is 2.00. The van der Waals surface area contributed by atoms with Crippen molar-refractivity contribution >= 4 is 28.3 Å². The minimum Gasteiger partial charge on any atom is -0.493 e. The summed E-state index contributed by atoms with van der Waals surface area (Å²) in [5, 5.41) is 11.8. The van der Waals surface area contributed by atoms with Gasteiger partial charge >= 0.3 is 5.97 Å². The van der Waals surface area contributed by atoms with Gasteiger partial charge in [-0.25, -0.2) is 9.78 Å². The SMILES string of the molecule is CC(C)COc1cc(OCC(C)C)cc(C(=O)Nc2ncc(C(=O)O)s2)c1. The fraction of sp³-hybridized carbons (Fsp3) is 0.421. The highest BCUT2D eigenvalue weighted by Gasteiger charge is 2.15. The van der Waals surface area contributed by atoms with Crippen LogP contribution in [0.4, 0.5) is 5.13 Å². The lowest BCUT2D eigenvalue weighted by Gasteiger charge is -2.14. The standard InChI is InChI=1S/C19H24N2O5S/c1-11(2)9-25-14-5-13(6-15(7-14)26-10-12(3)4)17(22)21-19-20-8-16(27-19)18(23)24/h5-8,11-12H,9-10H2,1-4H3,(H,23,24)(H,20,21,22). The quantitative estimate of drug-likeness (QED) is 0.665. The number of carboxylic acids is 1. The molecule has 0 spiro atoms. The first-order valence-corrected chi connectivity index (χ1v) is 9.47. The summed E-state index contributed by atoms with van der Waals surface area (Å²) in [7, 11) is 0. The predicted molar refractivity (Wildman–Crippen MR) is 104 cm³/mol. The van der Waals surface area contributed by atoms with Crippen LogP contribution in [-0.4, -0.2) is 35.2 Å². The number of nitrogens with zero attached hydrogens (tertiary/aromatic N) is 1. The van der Waals surface area contributed by atoms with Gasteiger partial charge in [-0.05, 0) is 24.0 Å². The van der Waals surface area contributed by atoms with E-state index in [4.69, 9.17) is 14.6 Å². The molecule has 1 aromatic carbocycles. The third-order valence-corrected chi connectivity index (χ3v) is 4.15. The molecule has 0 saturated heterocycles. The number of amides is 1. The van der Waals surface area contributed by atoms with Crippen molar-refractivity contribution in [3.63, 3.8) is 0 Å². The average molecular weight is 392 g/mol. The zero-order valence-corrected chi connectivity index (χ0v) is 16.6. The van der Waals surface area contributed by atoms with Gasteiger partial charge in [0.15, 0.2) is 5.13 Å². The van der Waals surface area contributed by atoms with Crippen molar-refractivity contribution in [1.82, 2.24) is 4.98 Å². The Morgan fingerprint density at radius 1 is 1.07 bits per heavy atom. The number of rotatable bonds is 9. The van der Waals surface area contributed by atoms with E-state index in [-0.39, 0.29) is 10.0 Å². The first kappa shape index (κ1) is 20.7. The number of hydrogen-bond acceptors (Lipinski definition) is 6. The van der Waals surface area contributed by atoms with Crippen molar-refractivity contribution in [1.29, 1.82) is 0 Å². The van der Waals surface area contributed by atoms with Gasteiger partial charge in [0, 0.05) is 11.6 Å². The minimum absolute atomic E-state index is 0.0558. The van der Waals surface area contributed by atoms with Crippen molar-refractivity contribution in [2.75, 3.05) is 18.5 Å². The van der Waals surface area contributed by atoms with E-state index >= 15 is 0 Å². The summed E-state index contributed by atoms with van der Waals surface area (Å²) >= 11 is 0.896. The molecule has 2 N–H and O–H groups in total. The number of anilines is 1. The van der Waals surface area contributed by atoms with E-state index in [1.807, 2.05) is 27.7 Å². The topological polar surface area (TPSA) is 97.8 Å². The van der Waals surface area contributed by atoms with Gasteiger partial charge in [-0.1, -0.05) is 39.0 Å². The van der Waals surface area contributed by atoms with Gasteiger partial charge in [0.25, 0.3) is 5.91 Å². The highest BCUT2D eigenvalue weighted by atomic mass is 32.1. The van der Waals surface area contributed by atoms with Crippen LogP contribution >= 0.6 is 11.3 Å². The zero-order valence-electron chi connectivity index (χ0n) is 15.8. The summed E-state index contributed by atoms with van der Waals surface area (Å²) in [6, 6.07) is 5.02. The van der Waals surface area contributed by atoms with Crippen LogP contribution in [0.15, 0.2) is 24.4 Å². The van der Waals surface area contributed by atoms with Crippen LogP contribution in [0.5, 0.6) is 11.5 Å². The highest BCUT2D eigenvalue weighted by molar-refractivity contribution is 7.17. The molecule has 0 aliphatic carbocycles. The molecule has 0 unspecified atom stereocenters. The molecule has 0 fully saturated rings. The Labute approximate surface area is 162 Å². The van der Waals surface area contributed by atoms with Gasteiger partial charge in [0.05, 0.1) is 19.4 Å². The number of nitrogens with one attached hydrogen (secondary N) is 1. The number of carbonyl (C=O) groups excluding carboxylic acids is 1. The molecule has 8 heteroatoms. The first-order valence-electron chi connectivity index (χ1n) is 8.65. The van der Waals surface area contributed by atoms with E-state index in [1.54, 1.807) is 18.2 Å². The van der Waals surface area contributed by atoms with Crippen molar-refractivity contribution in [2.24, 2.45) is 11.8 Å². The van der Waals surface area contributed by atoms with Crippen LogP contribution in [0.1, 0.15) is 47.7 Å². The molecule has 7 nitrogen and oxygen atoms in total. The molecule has 0 atom stereocenters. The van der Waals surface area contributed by atoms with Gasteiger partial charge in [-0.3, -0.25) is 10.1 Å². The number of ether oxygens (including phenoxy) is 2. The average Bonchev–Trinajstić information content (AvgIpc) is 3.06. The number of carboxylic acid groups (broad SMARTS) is 1. The molecule has 146 valence electrons. The lowest BCUT2D eigenvalue weighted by molar-refractivity contribution is 0.0701. The molecule has 2 aromatic rings. The van der Waals surface area contributed by atoms with Gasteiger partial charge in [-0.2, -0.15) is 0 Å². The molecule has 2 rings (SSSR count). The summed E-state index contributed by atoms with van der Waals surface area (Å²) < 4.78 is 11.5. The number of aromatic carboxylic acids is 1. The highest BCUT2D eigenvalue weighted by Crippen LogP contribution is 2.26. The fourth-order valence-corrected chi connectivity index (χ4v) is 2.65. The van der Waals surface area contributed by atoms with E-state index in [2.05, 4.69) is 10.3 Å². The van der Waals surface area contributed by atoms with Crippen LogP contribution in [0, 0.1) is 11.8 Å². The lowest BCUT2D eigenvalue weighted by atomic mass is 10.1. The largest absolute Gasteiger partial charge is 0.493 e. The Kier molecular flexibility index (Phi) is 7.18. The Balaban J connectivity index is 2.20. The summed E-state index contributed by atoms with van der Waals surface area (Å²) in [6.45, 7) is 9.18. The van der Waals surface area contributed by atoms with E-state index in [9.17, 15) is 9.59 Å². The maximum atomic E-state index is 12.6. The van der Waals surface area contributed by atoms with Crippen molar-refractivity contribution in [3.05, 3.63) is 34.8 Å². The van der Waals surface area contributed by atoms with Gasteiger partial charge in [0.1, 0.15) is 16.4 Å². The molecule has 0 bridgehead atoms. The predicted octanol–water partition coefficient (Wildman–Crippen LogP) is 4.16. The van der Waals surface area contributed by atoms with Crippen LogP contribution in [0.3, 0.4) is 0 Å². The first-order chi connectivity index (χ1) is 12.7. The molecule has 0 radical (unpaired) electrons. The van der Waals surface area contributed by atoms with Crippen molar-refractivity contribution in [2.45, 2.75) is 27.7 Å². The number of benzene rings is 1. The molecule has 0 saturated carbocycles. The smallest absolute Gasteiger partial charge is 0.347 e. The number of thiazole rings is 1. The zero-order chi connectivity index (χ0) is 20.0. The minimum atomic E-state index is -1.08. The molecule has 27 heavy (non-hydrogen) atoms. The van der Waals surface area contributed by atoms with E-state index in [0.717, 1.165) is 11.3 Å². The van der Waals surface area contributed by atoms with Crippen LogP contribution < -0.4 is 14.8 Å². The second kappa shape index (κ2) is 9.36. The number of hydrogen-bond donors (Lipinski definition) is 2. The molecular formula is C19H24N2O5S. The van der Waals surface area contributed by atoms with Crippen molar-refractivity contribution < 1.29 is 24.2 Å².